The fraction of sp³-hybridized carbons (Fsp3) is 0.833. The van der Waals surface area contributed by atoms with Crippen molar-refractivity contribution >= 4 is 28.1 Å². The van der Waals surface area contributed by atoms with Crippen molar-refractivity contribution in [2.75, 3.05) is 6.61 Å². The fourth-order valence-corrected chi connectivity index (χ4v) is 18.4. The zero-order chi connectivity index (χ0) is 17.8. The van der Waals surface area contributed by atoms with Crippen LogP contribution in [0.15, 0.2) is 6.20 Å². The molecular formula is C18H35N3O2Sn. The van der Waals surface area contributed by atoms with E-state index in [1.807, 2.05) is 6.92 Å². The summed E-state index contributed by atoms with van der Waals surface area (Å²) in [5, 5.41) is 8.81. The van der Waals surface area contributed by atoms with Gasteiger partial charge in [0.2, 0.25) is 0 Å². The Morgan fingerprint density at radius 2 is 1.58 bits per heavy atom. The van der Waals surface area contributed by atoms with E-state index in [1.54, 1.807) is 4.68 Å². The van der Waals surface area contributed by atoms with Gasteiger partial charge in [-0.3, -0.25) is 0 Å². The molecule has 0 saturated carbocycles. The van der Waals surface area contributed by atoms with Crippen molar-refractivity contribution in [2.45, 2.75) is 86.1 Å². The molecule has 0 aliphatic heterocycles. The molecule has 5 nitrogen and oxygen atoms in total. The van der Waals surface area contributed by atoms with Crippen LogP contribution in [-0.2, 0) is 16.1 Å². The number of nitrogens with zero attached hydrogens (tertiary/aromatic N) is 3. The minimum absolute atomic E-state index is 0.179. The van der Waals surface area contributed by atoms with Crippen LogP contribution in [0.1, 0.15) is 66.2 Å². The predicted molar refractivity (Wildman–Crippen MR) is 101 cm³/mol. The van der Waals surface area contributed by atoms with Crippen molar-refractivity contribution in [2.24, 2.45) is 0 Å². The van der Waals surface area contributed by atoms with Crippen LogP contribution in [0.4, 0.5) is 0 Å². The third-order valence-corrected chi connectivity index (χ3v) is 19.7. The van der Waals surface area contributed by atoms with Crippen LogP contribution in [0.3, 0.4) is 0 Å². The van der Waals surface area contributed by atoms with Crippen LogP contribution in [0.25, 0.3) is 0 Å². The normalized spacial score (nSPS) is 11.7. The van der Waals surface area contributed by atoms with Gasteiger partial charge >= 0.3 is 151 Å². The Morgan fingerprint density at radius 1 is 1.04 bits per heavy atom. The average Bonchev–Trinajstić information content (AvgIpc) is 3.03. The molecule has 1 aromatic heterocycles. The molecule has 0 fully saturated rings. The summed E-state index contributed by atoms with van der Waals surface area (Å²) in [6.07, 6.45) is 9.69. The van der Waals surface area contributed by atoms with Crippen molar-refractivity contribution in [3.05, 3.63) is 6.20 Å². The molecule has 0 unspecified atom stereocenters. The Morgan fingerprint density at radius 3 is 2.04 bits per heavy atom. The van der Waals surface area contributed by atoms with Gasteiger partial charge < -0.3 is 0 Å². The quantitative estimate of drug-likeness (QED) is 0.342. The van der Waals surface area contributed by atoms with Gasteiger partial charge in [-0.2, -0.15) is 0 Å². The molecule has 0 N–H and O–H groups in total. The van der Waals surface area contributed by atoms with E-state index in [9.17, 15) is 4.79 Å². The van der Waals surface area contributed by atoms with Crippen LogP contribution >= 0.6 is 0 Å². The molecule has 0 saturated heterocycles. The molecule has 138 valence electrons. The summed E-state index contributed by atoms with van der Waals surface area (Å²) in [5.41, 5.74) is 0. The van der Waals surface area contributed by atoms with E-state index in [-0.39, 0.29) is 12.5 Å². The van der Waals surface area contributed by atoms with E-state index in [1.165, 1.54) is 55.5 Å². The number of ether oxygens (including phenoxy) is 1. The van der Waals surface area contributed by atoms with Gasteiger partial charge in [-0.15, -0.1) is 0 Å². The first-order valence-corrected chi connectivity index (χ1v) is 17.2. The first kappa shape index (κ1) is 21.5. The number of esters is 1. The van der Waals surface area contributed by atoms with Crippen LogP contribution in [0.5, 0.6) is 0 Å². The van der Waals surface area contributed by atoms with E-state index in [4.69, 9.17) is 4.74 Å². The second-order valence-corrected chi connectivity index (χ2v) is 19.7. The number of hydrogen-bond donors (Lipinski definition) is 0. The van der Waals surface area contributed by atoms with Gasteiger partial charge in [0.15, 0.2) is 0 Å². The van der Waals surface area contributed by atoms with Crippen LogP contribution in [0, 0.1) is 0 Å². The van der Waals surface area contributed by atoms with Crippen molar-refractivity contribution in [3.63, 3.8) is 0 Å². The van der Waals surface area contributed by atoms with Gasteiger partial charge in [0.1, 0.15) is 0 Å². The summed E-state index contributed by atoms with van der Waals surface area (Å²) in [6.45, 7) is 9.23. The standard InChI is InChI=1S/C6H8N3O2.3C4H9.Sn/c1-2-11-6(10)5-9-4-3-7-8-9;3*1-3-4-2;/h4H,2,5H2,1H3;3*1,3-4H2,2H3;. The molecular weight excluding hydrogens is 409 g/mol. The first-order valence-electron chi connectivity index (χ1n) is 9.68. The maximum atomic E-state index is 11.7. The molecule has 1 aromatic rings. The molecule has 24 heavy (non-hydrogen) atoms. The van der Waals surface area contributed by atoms with E-state index in [2.05, 4.69) is 37.3 Å². The Bertz CT molecular complexity index is 455. The number of carbonyl (C=O) groups is 1. The van der Waals surface area contributed by atoms with Gasteiger partial charge in [-0.25, -0.2) is 0 Å². The summed E-state index contributed by atoms with van der Waals surface area (Å²) in [6, 6.07) is 0. The van der Waals surface area contributed by atoms with Crippen LogP contribution < -0.4 is 3.71 Å². The molecule has 1 rings (SSSR count). The first-order chi connectivity index (χ1) is 11.6. The second-order valence-electron chi connectivity index (χ2n) is 6.70. The second kappa shape index (κ2) is 11.9. The van der Waals surface area contributed by atoms with Crippen LogP contribution in [-0.4, -0.2) is 45.9 Å². The zero-order valence-corrected chi connectivity index (χ0v) is 18.9. The zero-order valence-electron chi connectivity index (χ0n) is 16.0. The molecule has 0 bridgehead atoms. The predicted octanol–water partition coefficient (Wildman–Crippen LogP) is 3.90. The summed E-state index contributed by atoms with van der Waals surface area (Å²) >= 11 is -2.52. The van der Waals surface area contributed by atoms with Gasteiger partial charge in [-0.05, 0) is 0 Å². The Balaban J connectivity index is 2.98. The van der Waals surface area contributed by atoms with Gasteiger partial charge in [0.05, 0.1) is 0 Å². The summed E-state index contributed by atoms with van der Waals surface area (Å²) in [4.78, 5) is 11.7. The summed E-state index contributed by atoms with van der Waals surface area (Å²) < 4.78 is 12.1. The number of aromatic nitrogens is 3. The molecule has 0 aliphatic rings. The molecule has 1 heterocycles. The van der Waals surface area contributed by atoms with E-state index in [0.717, 1.165) is 0 Å². The van der Waals surface area contributed by atoms with Crippen molar-refractivity contribution in [1.29, 1.82) is 0 Å². The number of unbranched alkanes of at least 4 members (excludes halogenated alkanes) is 3. The Kier molecular flexibility index (Phi) is 10.6. The third kappa shape index (κ3) is 6.73. The number of carbonyl (C=O) groups excluding carboxylic acids is 1. The summed E-state index contributed by atoms with van der Waals surface area (Å²) in [7, 11) is 0. The number of hydrogen-bond acceptors (Lipinski definition) is 4. The van der Waals surface area contributed by atoms with Crippen molar-refractivity contribution in [3.8, 4) is 0 Å². The van der Waals surface area contributed by atoms with Gasteiger partial charge in [-0.1, -0.05) is 0 Å². The number of rotatable bonds is 13. The van der Waals surface area contributed by atoms with Crippen LogP contribution in [0.2, 0.25) is 13.3 Å². The molecule has 0 spiro atoms. The topological polar surface area (TPSA) is 57.0 Å². The SMILES string of the molecule is CCC[CH2][Sn]([CH2]CCC)([CH2]CCC)[c]1cn(CC(=O)OCC)nn1. The average molecular weight is 444 g/mol. The summed E-state index contributed by atoms with van der Waals surface area (Å²) in [5.74, 6) is -0.231. The van der Waals surface area contributed by atoms with Crippen molar-refractivity contribution < 1.29 is 9.53 Å². The van der Waals surface area contributed by atoms with Crippen molar-refractivity contribution in [1.82, 2.24) is 15.0 Å². The maximum absolute atomic E-state index is 11.7. The van der Waals surface area contributed by atoms with Gasteiger partial charge in [0, 0.05) is 0 Å². The monoisotopic (exact) mass is 445 g/mol. The minimum atomic E-state index is -2.52. The fourth-order valence-electron chi connectivity index (χ4n) is 3.26. The van der Waals surface area contributed by atoms with E-state index >= 15 is 0 Å². The molecule has 0 aliphatic carbocycles. The molecule has 0 radical (unpaired) electrons. The molecule has 0 atom stereocenters. The van der Waals surface area contributed by atoms with E-state index in [0.29, 0.717) is 6.61 Å². The molecule has 0 amide bonds. The van der Waals surface area contributed by atoms with E-state index < -0.39 is 18.4 Å². The van der Waals surface area contributed by atoms with Gasteiger partial charge in [0.25, 0.3) is 0 Å². The Hall–Kier alpha value is -0.591. The third-order valence-electron chi connectivity index (χ3n) is 4.71. The molecule has 6 heteroatoms. The Labute approximate surface area is 151 Å². The molecule has 0 aromatic carbocycles.